The van der Waals surface area contributed by atoms with Gasteiger partial charge in [0.1, 0.15) is 11.6 Å². The van der Waals surface area contributed by atoms with Gasteiger partial charge in [0, 0.05) is 19.5 Å². The van der Waals surface area contributed by atoms with E-state index < -0.39 is 0 Å². The number of aromatic nitrogens is 1. The molecule has 25 heavy (non-hydrogen) atoms. The molecule has 0 aliphatic carbocycles. The van der Waals surface area contributed by atoms with Crippen LogP contribution in [0.3, 0.4) is 0 Å². The van der Waals surface area contributed by atoms with Gasteiger partial charge in [0.15, 0.2) is 5.89 Å². The summed E-state index contributed by atoms with van der Waals surface area (Å²) in [6.07, 6.45) is 4.25. The average Bonchev–Trinajstić information content (AvgIpc) is 3.05. The van der Waals surface area contributed by atoms with Crippen molar-refractivity contribution in [1.82, 2.24) is 14.8 Å². The van der Waals surface area contributed by atoms with Crippen molar-refractivity contribution in [3.8, 4) is 0 Å². The standard InChI is InChI=1S/C19H24FN3O2/c1-22(2)13-18(24)23-9-3-4-15(12-23)19-21-11-17(25-19)10-14-5-7-16(20)8-6-14/h5-8,11,15H,3-4,9-10,12-13H2,1-2H3/t15-/m0/s1. The van der Waals surface area contributed by atoms with Gasteiger partial charge in [0.05, 0.1) is 18.7 Å². The van der Waals surface area contributed by atoms with Crippen molar-refractivity contribution in [3.05, 3.63) is 53.5 Å². The normalized spacial score (nSPS) is 17.9. The molecule has 1 aromatic heterocycles. The van der Waals surface area contributed by atoms with E-state index in [1.165, 1.54) is 12.1 Å². The molecule has 134 valence electrons. The molecule has 1 amide bonds. The molecule has 1 aliphatic rings. The highest BCUT2D eigenvalue weighted by atomic mass is 19.1. The number of benzene rings is 1. The zero-order valence-corrected chi connectivity index (χ0v) is 14.7. The minimum atomic E-state index is -0.244. The zero-order chi connectivity index (χ0) is 17.8. The highest BCUT2D eigenvalue weighted by Gasteiger charge is 2.27. The lowest BCUT2D eigenvalue weighted by Crippen LogP contribution is -2.43. The van der Waals surface area contributed by atoms with Crippen LogP contribution in [0.5, 0.6) is 0 Å². The summed E-state index contributed by atoms with van der Waals surface area (Å²) < 4.78 is 18.9. The Labute approximate surface area is 147 Å². The number of likely N-dealkylation sites (N-methyl/N-ethyl adjacent to an activating group) is 1. The van der Waals surface area contributed by atoms with E-state index in [2.05, 4.69) is 4.98 Å². The maximum absolute atomic E-state index is 13.0. The first-order valence-corrected chi connectivity index (χ1v) is 8.63. The molecule has 3 rings (SSSR count). The Morgan fingerprint density at radius 3 is 2.84 bits per heavy atom. The Balaban J connectivity index is 1.63. The number of hydrogen-bond acceptors (Lipinski definition) is 4. The molecule has 2 heterocycles. The van der Waals surface area contributed by atoms with Gasteiger partial charge < -0.3 is 14.2 Å². The third kappa shape index (κ3) is 4.66. The third-order valence-electron chi connectivity index (χ3n) is 4.44. The Kier molecular flexibility index (Phi) is 5.48. The van der Waals surface area contributed by atoms with E-state index in [4.69, 9.17) is 4.42 Å². The van der Waals surface area contributed by atoms with Crippen molar-refractivity contribution in [1.29, 1.82) is 0 Å². The molecule has 1 aromatic carbocycles. The predicted molar refractivity (Wildman–Crippen MR) is 92.8 cm³/mol. The van der Waals surface area contributed by atoms with E-state index in [1.54, 1.807) is 18.3 Å². The van der Waals surface area contributed by atoms with Crippen LogP contribution in [0, 0.1) is 5.82 Å². The number of oxazole rings is 1. The predicted octanol–water partition coefficient (Wildman–Crippen LogP) is 2.67. The van der Waals surface area contributed by atoms with E-state index in [0.29, 0.717) is 25.4 Å². The highest BCUT2D eigenvalue weighted by Crippen LogP contribution is 2.27. The van der Waals surface area contributed by atoms with Crippen molar-refractivity contribution in [2.75, 3.05) is 33.7 Å². The molecule has 0 saturated carbocycles. The maximum Gasteiger partial charge on any atom is 0.236 e. The number of piperidine rings is 1. The number of carbonyl (C=O) groups excluding carboxylic acids is 1. The molecule has 0 unspecified atom stereocenters. The molecule has 0 radical (unpaired) electrons. The second-order valence-electron chi connectivity index (χ2n) is 6.88. The van der Waals surface area contributed by atoms with Gasteiger partial charge in [-0.3, -0.25) is 4.79 Å². The number of likely N-dealkylation sites (tertiary alicyclic amines) is 1. The fourth-order valence-corrected chi connectivity index (χ4v) is 3.17. The van der Waals surface area contributed by atoms with E-state index in [9.17, 15) is 9.18 Å². The summed E-state index contributed by atoms with van der Waals surface area (Å²) in [7, 11) is 3.80. The van der Waals surface area contributed by atoms with Crippen LogP contribution >= 0.6 is 0 Å². The molecule has 1 atom stereocenters. The number of amides is 1. The first-order chi connectivity index (χ1) is 12.0. The van der Waals surface area contributed by atoms with Crippen molar-refractivity contribution in [2.45, 2.75) is 25.2 Å². The molecule has 1 aliphatic heterocycles. The summed E-state index contributed by atoms with van der Waals surface area (Å²) in [5, 5.41) is 0. The SMILES string of the molecule is CN(C)CC(=O)N1CCC[C@H](c2ncc(Cc3ccc(F)cc3)o2)C1. The topological polar surface area (TPSA) is 49.6 Å². The van der Waals surface area contributed by atoms with E-state index in [1.807, 2.05) is 23.9 Å². The van der Waals surface area contributed by atoms with Gasteiger partial charge in [-0.1, -0.05) is 12.1 Å². The van der Waals surface area contributed by atoms with Crippen molar-refractivity contribution in [3.63, 3.8) is 0 Å². The maximum atomic E-state index is 13.0. The molecule has 0 bridgehead atoms. The smallest absolute Gasteiger partial charge is 0.236 e. The second kappa shape index (κ2) is 7.78. The van der Waals surface area contributed by atoms with Gasteiger partial charge in [0.2, 0.25) is 5.91 Å². The van der Waals surface area contributed by atoms with Crippen LogP contribution in [0.15, 0.2) is 34.9 Å². The van der Waals surface area contributed by atoms with Crippen LogP contribution in [0.1, 0.15) is 36.0 Å². The molecular weight excluding hydrogens is 321 g/mol. The molecule has 0 spiro atoms. The molecule has 5 nitrogen and oxygen atoms in total. The van der Waals surface area contributed by atoms with Crippen LogP contribution in [0.25, 0.3) is 0 Å². The zero-order valence-electron chi connectivity index (χ0n) is 14.7. The summed E-state index contributed by atoms with van der Waals surface area (Å²) in [6, 6.07) is 6.39. The fourth-order valence-electron chi connectivity index (χ4n) is 3.17. The van der Waals surface area contributed by atoms with Gasteiger partial charge in [-0.15, -0.1) is 0 Å². The largest absolute Gasteiger partial charge is 0.445 e. The molecule has 2 aromatic rings. The summed E-state index contributed by atoms with van der Waals surface area (Å²) >= 11 is 0. The van der Waals surface area contributed by atoms with Crippen LogP contribution in [0.2, 0.25) is 0 Å². The minimum Gasteiger partial charge on any atom is -0.445 e. The first-order valence-electron chi connectivity index (χ1n) is 8.63. The summed E-state index contributed by atoms with van der Waals surface area (Å²) in [4.78, 5) is 20.5. The lowest BCUT2D eigenvalue weighted by Gasteiger charge is -2.32. The van der Waals surface area contributed by atoms with E-state index >= 15 is 0 Å². The van der Waals surface area contributed by atoms with Crippen LogP contribution < -0.4 is 0 Å². The molecule has 0 N–H and O–H groups in total. The highest BCUT2D eigenvalue weighted by molar-refractivity contribution is 5.78. The lowest BCUT2D eigenvalue weighted by atomic mass is 9.98. The number of halogens is 1. The Bertz CT molecular complexity index is 712. The third-order valence-corrected chi connectivity index (χ3v) is 4.44. The molecule has 1 saturated heterocycles. The van der Waals surface area contributed by atoms with Gasteiger partial charge in [0.25, 0.3) is 0 Å². The van der Waals surface area contributed by atoms with E-state index in [0.717, 1.165) is 30.7 Å². The number of carbonyl (C=O) groups is 1. The van der Waals surface area contributed by atoms with Gasteiger partial charge in [-0.2, -0.15) is 0 Å². The van der Waals surface area contributed by atoms with Gasteiger partial charge in [-0.05, 0) is 44.6 Å². The number of nitrogens with zero attached hydrogens (tertiary/aromatic N) is 3. The van der Waals surface area contributed by atoms with Gasteiger partial charge >= 0.3 is 0 Å². The van der Waals surface area contributed by atoms with Crippen LogP contribution in [-0.2, 0) is 11.2 Å². The van der Waals surface area contributed by atoms with E-state index in [-0.39, 0.29) is 17.6 Å². The molecular formula is C19H24FN3O2. The Hall–Kier alpha value is -2.21. The molecule has 6 heteroatoms. The lowest BCUT2D eigenvalue weighted by molar-refractivity contribution is -0.133. The number of hydrogen-bond donors (Lipinski definition) is 0. The summed E-state index contributed by atoms with van der Waals surface area (Å²) in [5.41, 5.74) is 0.982. The minimum absolute atomic E-state index is 0.141. The Morgan fingerprint density at radius 2 is 2.12 bits per heavy atom. The molecule has 1 fully saturated rings. The van der Waals surface area contributed by atoms with Crippen LogP contribution in [-0.4, -0.2) is 54.4 Å². The van der Waals surface area contributed by atoms with Crippen molar-refractivity contribution >= 4 is 5.91 Å². The Morgan fingerprint density at radius 1 is 1.36 bits per heavy atom. The average molecular weight is 345 g/mol. The quantitative estimate of drug-likeness (QED) is 0.836. The second-order valence-corrected chi connectivity index (χ2v) is 6.88. The van der Waals surface area contributed by atoms with Crippen LogP contribution in [0.4, 0.5) is 4.39 Å². The summed E-state index contributed by atoms with van der Waals surface area (Å²) in [5.74, 6) is 1.50. The monoisotopic (exact) mass is 345 g/mol. The number of rotatable bonds is 5. The van der Waals surface area contributed by atoms with Gasteiger partial charge in [-0.25, -0.2) is 9.37 Å². The first kappa shape index (κ1) is 17.6. The summed E-state index contributed by atoms with van der Waals surface area (Å²) in [6.45, 7) is 1.88. The van der Waals surface area contributed by atoms with Crippen molar-refractivity contribution in [2.24, 2.45) is 0 Å². The van der Waals surface area contributed by atoms with Crippen molar-refractivity contribution < 1.29 is 13.6 Å². The fraction of sp³-hybridized carbons (Fsp3) is 0.474.